The maximum Gasteiger partial charge on any atom is 0.212 e. The van der Waals surface area contributed by atoms with Crippen molar-refractivity contribution in [1.29, 1.82) is 21.0 Å². The Hall–Kier alpha value is -6.04. The minimum absolute atomic E-state index is 0.0924. The largest absolute Gasteiger partial charge is 0.287 e. The summed E-state index contributed by atoms with van der Waals surface area (Å²) in [5.74, 6) is -0.640. The fourth-order valence-corrected chi connectivity index (χ4v) is 9.93. The summed E-state index contributed by atoms with van der Waals surface area (Å²) in [5, 5.41) is 40.2. The van der Waals surface area contributed by atoms with Gasteiger partial charge in [0.2, 0.25) is 11.6 Å². The SMILES string of the molecule is N#CC(C#N)=C1C(=Nc2cc3c(s2)-c2sc(N=C4C(=O)c5ccccc5C4=C(C#N)C#N)cc2C32CCCCC2)C(=O)c2ccccc21. The van der Waals surface area contributed by atoms with Gasteiger partial charge in [-0.15, -0.1) is 22.7 Å². The summed E-state index contributed by atoms with van der Waals surface area (Å²) in [6.07, 6.45) is 5.07. The number of ketones is 2. The first kappa shape index (κ1) is 29.4. The summed E-state index contributed by atoms with van der Waals surface area (Å²) < 4.78 is 0. The van der Waals surface area contributed by atoms with E-state index in [1.54, 1.807) is 48.5 Å². The average molecular weight is 657 g/mol. The number of Topliss-reactive ketones (excluding diaryl/α,β-unsaturated/α-hetero) is 2. The highest BCUT2D eigenvalue weighted by atomic mass is 32.1. The molecule has 8 nitrogen and oxygen atoms in total. The Labute approximate surface area is 283 Å². The average Bonchev–Trinajstić information content (AvgIpc) is 3.90. The molecule has 2 aromatic heterocycles. The van der Waals surface area contributed by atoms with Gasteiger partial charge in [0.25, 0.3) is 0 Å². The molecule has 10 heteroatoms. The third-order valence-corrected chi connectivity index (χ3v) is 11.8. The minimum Gasteiger partial charge on any atom is -0.287 e. The van der Waals surface area contributed by atoms with E-state index in [9.17, 15) is 30.6 Å². The van der Waals surface area contributed by atoms with Gasteiger partial charge in [0, 0.05) is 27.7 Å². The fourth-order valence-electron chi connectivity index (χ4n) is 7.50. The molecule has 8 rings (SSSR count). The van der Waals surface area contributed by atoms with Gasteiger partial charge in [-0.1, -0.05) is 67.8 Å². The lowest BCUT2D eigenvalue weighted by Crippen LogP contribution is -2.27. The molecule has 0 atom stereocenters. The van der Waals surface area contributed by atoms with Gasteiger partial charge in [0.05, 0.1) is 9.75 Å². The van der Waals surface area contributed by atoms with Crippen LogP contribution in [0, 0.1) is 45.3 Å². The van der Waals surface area contributed by atoms with Crippen LogP contribution in [0.5, 0.6) is 0 Å². The van der Waals surface area contributed by atoms with Gasteiger partial charge in [0.1, 0.15) is 56.8 Å². The van der Waals surface area contributed by atoms with Crippen molar-refractivity contribution in [3.05, 3.63) is 105 Å². The number of nitrogens with zero attached hydrogens (tertiary/aromatic N) is 6. The number of thiophene rings is 2. The van der Waals surface area contributed by atoms with Crippen LogP contribution in [0.25, 0.3) is 20.9 Å². The molecule has 0 N–H and O–H groups in total. The lowest BCUT2D eigenvalue weighted by molar-refractivity contribution is 0.106. The Morgan fingerprint density at radius 1 is 0.604 bits per heavy atom. The summed E-state index contributed by atoms with van der Waals surface area (Å²) >= 11 is 2.92. The second kappa shape index (κ2) is 11.0. The van der Waals surface area contributed by atoms with E-state index >= 15 is 0 Å². The van der Waals surface area contributed by atoms with Crippen LogP contribution in [0.1, 0.15) is 75.1 Å². The van der Waals surface area contributed by atoms with Crippen LogP contribution >= 0.6 is 22.7 Å². The van der Waals surface area contributed by atoms with E-state index in [0.29, 0.717) is 32.3 Å². The number of allylic oxidation sites excluding steroid dienone is 4. The predicted octanol–water partition coefficient (Wildman–Crippen LogP) is 8.58. The topological polar surface area (TPSA) is 154 Å². The first-order chi connectivity index (χ1) is 23.4. The summed E-state index contributed by atoms with van der Waals surface area (Å²) in [4.78, 5) is 38.8. The molecule has 4 aliphatic rings. The number of nitriles is 4. The van der Waals surface area contributed by atoms with Crippen LogP contribution in [-0.4, -0.2) is 23.0 Å². The van der Waals surface area contributed by atoms with Crippen LogP contribution in [0.3, 0.4) is 0 Å². The van der Waals surface area contributed by atoms with E-state index in [4.69, 9.17) is 9.98 Å². The van der Waals surface area contributed by atoms with Crippen LogP contribution in [0.4, 0.5) is 10.0 Å². The molecule has 2 heterocycles. The molecule has 1 fully saturated rings. The Bertz CT molecular complexity index is 2270. The zero-order valence-electron chi connectivity index (χ0n) is 25.1. The summed E-state index contributed by atoms with van der Waals surface area (Å²) in [5.41, 5.74) is 4.33. The molecule has 226 valence electrons. The number of benzene rings is 2. The van der Waals surface area contributed by atoms with Crippen molar-refractivity contribution >= 4 is 66.8 Å². The zero-order valence-corrected chi connectivity index (χ0v) is 26.8. The lowest BCUT2D eigenvalue weighted by Gasteiger charge is -2.34. The highest BCUT2D eigenvalue weighted by Crippen LogP contribution is 2.63. The number of hydrogen-bond acceptors (Lipinski definition) is 10. The van der Waals surface area contributed by atoms with Gasteiger partial charge in [-0.3, -0.25) is 9.59 Å². The van der Waals surface area contributed by atoms with Crippen LogP contribution in [0.15, 0.2) is 81.8 Å². The van der Waals surface area contributed by atoms with Crippen molar-refractivity contribution in [3.8, 4) is 34.0 Å². The highest BCUT2D eigenvalue weighted by molar-refractivity contribution is 7.26. The molecule has 48 heavy (non-hydrogen) atoms. The Morgan fingerprint density at radius 2 is 1.00 bits per heavy atom. The molecule has 4 aromatic rings. The quantitative estimate of drug-likeness (QED) is 0.197. The molecule has 0 aliphatic heterocycles. The Morgan fingerprint density at radius 3 is 1.40 bits per heavy atom. The fraction of sp³-hybridized carbons (Fsp3) is 0.158. The third-order valence-electron chi connectivity index (χ3n) is 9.56. The standard InChI is InChI=1S/C38H20N6O2S2/c39-16-20(17-40)30-22-8-2-4-10-24(22)34(45)32(30)43-28-14-26-36(47-28)37-27(38(26)12-6-1-7-13-38)15-29(48-37)44-33-31(21(18-41)19-42)23-9-3-5-11-25(23)35(33)46/h2-5,8-11,14-15H,1,6-7,12-13H2. The van der Waals surface area contributed by atoms with E-state index in [2.05, 4.69) is 0 Å². The highest BCUT2D eigenvalue weighted by Gasteiger charge is 2.47. The van der Waals surface area contributed by atoms with Crippen molar-refractivity contribution in [1.82, 2.24) is 0 Å². The molecule has 0 amide bonds. The minimum atomic E-state index is -0.320. The first-order valence-electron chi connectivity index (χ1n) is 15.3. The van der Waals surface area contributed by atoms with Crippen molar-refractivity contribution in [2.24, 2.45) is 9.98 Å². The van der Waals surface area contributed by atoms with Gasteiger partial charge in [-0.05, 0) is 47.2 Å². The van der Waals surface area contributed by atoms with Gasteiger partial charge < -0.3 is 0 Å². The summed E-state index contributed by atoms with van der Waals surface area (Å²) in [7, 11) is 0. The lowest BCUT2D eigenvalue weighted by atomic mass is 9.68. The molecule has 0 saturated heterocycles. The van der Waals surface area contributed by atoms with Gasteiger partial charge in [-0.25, -0.2) is 9.98 Å². The molecule has 4 aliphatic carbocycles. The maximum absolute atomic E-state index is 13.5. The Balaban J connectivity index is 1.28. The van der Waals surface area contributed by atoms with Crippen LogP contribution in [0.2, 0.25) is 0 Å². The molecule has 1 spiro atoms. The monoisotopic (exact) mass is 656 g/mol. The number of fused-ring (bicyclic) bond motifs is 7. The number of hydrogen-bond donors (Lipinski definition) is 0. The van der Waals surface area contributed by atoms with Crippen molar-refractivity contribution in [2.75, 3.05) is 0 Å². The zero-order chi connectivity index (χ0) is 33.2. The van der Waals surface area contributed by atoms with Crippen molar-refractivity contribution in [2.45, 2.75) is 37.5 Å². The molecular formula is C38H20N6O2S2. The molecule has 0 bridgehead atoms. The molecule has 0 unspecified atom stereocenters. The number of rotatable bonds is 2. The van der Waals surface area contributed by atoms with E-state index < -0.39 is 0 Å². The van der Waals surface area contributed by atoms with Gasteiger partial charge in [-0.2, -0.15) is 21.0 Å². The van der Waals surface area contributed by atoms with Gasteiger partial charge in [0.15, 0.2) is 0 Å². The number of aliphatic imine (C=N–C) groups is 2. The smallest absolute Gasteiger partial charge is 0.212 e. The molecule has 1 saturated carbocycles. The van der Waals surface area contributed by atoms with E-state index in [-0.39, 0.29) is 50.7 Å². The van der Waals surface area contributed by atoms with Crippen LogP contribution < -0.4 is 0 Å². The molecular weight excluding hydrogens is 637 g/mol. The molecule has 0 radical (unpaired) electrons. The second-order valence-corrected chi connectivity index (χ2v) is 14.0. The second-order valence-electron chi connectivity index (χ2n) is 11.9. The Kier molecular flexibility index (Phi) is 6.76. The van der Waals surface area contributed by atoms with E-state index in [1.165, 1.54) is 22.7 Å². The maximum atomic E-state index is 13.5. The number of carbonyl (C=O) groups is 2. The predicted molar refractivity (Wildman–Crippen MR) is 184 cm³/mol. The molecule has 2 aromatic carbocycles. The van der Waals surface area contributed by atoms with Crippen LogP contribution in [-0.2, 0) is 5.41 Å². The third kappa shape index (κ3) is 4.08. The normalized spacial score (nSPS) is 18.2. The van der Waals surface area contributed by atoms with Gasteiger partial charge >= 0.3 is 0 Å². The summed E-state index contributed by atoms with van der Waals surface area (Å²) in [6, 6.07) is 25.7. The summed E-state index contributed by atoms with van der Waals surface area (Å²) in [6.45, 7) is 0. The van der Waals surface area contributed by atoms with Crippen molar-refractivity contribution < 1.29 is 9.59 Å². The number of carbonyl (C=O) groups excluding carboxylic acids is 2. The first-order valence-corrected chi connectivity index (χ1v) is 16.9. The van der Waals surface area contributed by atoms with E-state index in [1.807, 2.05) is 36.4 Å². The van der Waals surface area contributed by atoms with E-state index in [0.717, 1.165) is 53.0 Å². The van der Waals surface area contributed by atoms with Crippen molar-refractivity contribution in [3.63, 3.8) is 0 Å².